The van der Waals surface area contributed by atoms with E-state index in [0.717, 1.165) is 25.2 Å². The second-order valence-corrected chi connectivity index (χ2v) is 10.3. The molecule has 3 aromatic carbocycles. The number of piperidine rings is 1. The van der Waals surface area contributed by atoms with Crippen molar-refractivity contribution in [1.29, 1.82) is 0 Å². The van der Waals surface area contributed by atoms with Crippen molar-refractivity contribution in [3.8, 4) is 5.75 Å². The molecule has 1 fully saturated rings. The molecule has 0 atom stereocenters. The standard InChI is InChI=1S/C27H31N3O4S/c1-34-26-15-6-5-14-25(26)29-35(32,33)24-13-9-12-21(18-24)27(31)28-19-22-10-3-4-11-23(22)20-30-16-7-2-8-17-30/h3-6,9-15,18,29H,2,7-8,16-17,19-20H2,1H3,(H,28,31). The molecule has 35 heavy (non-hydrogen) atoms. The van der Waals surface area contributed by atoms with E-state index >= 15 is 0 Å². The summed E-state index contributed by atoms with van der Waals surface area (Å²) in [6.45, 7) is 3.45. The molecular weight excluding hydrogens is 462 g/mol. The van der Waals surface area contributed by atoms with Gasteiger partial charge in [0.05, 0.1) is 17.7 Å². The number of rotatable bonds is 9. The molecule has 0 radical (unpaired) electrons. The zero-order valence-corrected chi connectivity index (χ0v) is 20.7. The Balaban J connectivity index is 1.44. The van der Waals surface area contributed by atoms with Crippen molar-refractivity contribution in [2.45, 2.75) is 37.2 Å². The molecule has 1 aliphatic heterocycles. The minimum absolute atomic E-state index is 0.00144. The first-order chi connectivity index (χ1) is 17.0. The topological polar surface area (TPSA) is 87.7 Å². The van der Waals surface area contributed by atoms with E-state index in [-0.39, 0.29) is 16.4 Å². The third-order valence-electron chi connectivity index (χ3n) is 6.16. The second-order valence-electron chi connectivity index (χ2n) is 8.62. The molecule has 0 aromatic heterocycles. The van der Waals surface area contributed by atoms with Gasteiger partial charge in [-0.1, -0.05) is 48.9 Å². The summed E-state index contributed by atoms with van der Waals surface area (Å²) in [5, 5.41) is 2.95. The summed E-state index contributed by atoms with van der Waals surface area (Å²) < 4.78 is 33.7. The van der Waals surface area contributed by atoms with Gasteiger partial charge < -0.3 is 10.1 Å². The van der Waals surface area contributed by atoms with Gasteiger partial charge >= 0.3 is 0 Å². The third-order valence-corrected chi connectivity index (χ3v) is 7.52. The molecule has 0 aliphatic carbocycles. The average molecular weight is 494 g/mol. The minimum atomic E-state index is -3.91. The van der Waals surface area contributed by atoms with Crippen molar-refractivity contribution in [3.05, 3.63) is 89.5 Å². The Hall–Kier alpha value is -3.36. The summed E-state index contributed by atoms with van der Waals surface area (Å²) in [6, 6.07) is 20.9. The summed E-state index contributed by atoms with van der Waals surface area (Å²) in [5.74, 6) is 0.0836. The smallest absolute Gasteiger partial charge is 0.262 e. The molecule has 2 N–H and O–H groups in total. The molecule has 7 nitrogen and oxygen atoms in total. The largest absolute Gasteiger partial charge is 0.495 e. The monoisotopic (exact) mass is 493 g/mol. The van der Waals surface area contributed by atoms with E-state index in [0.29, 0.717) is 18.0 Å². The van der Waals surface area contributed by atoms with Gasteiger partial charge in [-0.2, -0.15) is 0 Å². The molecule has 0 unspecified atom stereocenters. The number of anilines is 1. The van der Waals surface area contributed by atoms with Gasteiger partial charge in [0, 0.05) is 18.7 Å². The normalized spacial score (nSPS) is 14.3. The SMILES string of the molecule is COc1ccccc1NS(=O)(=O)c1cccc(C(=O)NCc2ccccc2CN2CCCCC2)c1. The van der Waals surface area contributed by atoms with Gasteiger partial charge in [-0.05, 0) is 67.4 Å². The van der Waals surface area contributed by atoms with Crippen molar-refractivity contribution in [2.75, 3.05) is 24.9 Å². The average Bonchev–Trinajstić information content (AvgIpc) is 2.89. The van der Waals surface area contributed by atoms with Crippen molar-refractivity contribution in [3.63, 3.8) is 0 Å². The molecule has 1 amide bonds. The number of hydrogen-bond acceptors (Lipinski definition) is 5. The van der Waals surface area contributed by atoms with Gasteiger partial charge in [-0.3, -0.25) is 14.4 Å². The number of methoxy groups -OCH3 is 1. The first-order valence-electron chi connectivity index (χ1n) is 11.8. The fourth-order valence-corrected chi connectivity index (χ4v) is 5.37. The van der Waals surface area contributed by atoms with E-state index in [4.69, 9.17) is 4.74 Å². The molecule has 184 valence electrons. The van der Waals surface area contributed by atoms with E-state index < -0.39 is 10.0 Å². The number of benzene rings is 3. The number of likely N-dealkylation sites (tertiary alicyclic amines) is 1. The van der Waals surface area contributed by atoms with Crippen molar-refractivity contribution < 1.29 is 17.9 Å². The van der Waals surface area contributed by atoms with Crippen LogP contribution in [0.2, 0.25) is 0 Å². The lowest BCUT2D eigenvalue weighted by molar-refractivity contribution is 0.0950. The van der Waals surface area contributed by atoms with E-state index in [1.807, 2.05) is 18.2 Å². The van der Waals surface area contributed by atoms with Crippen LogP contribution in [0.4, 0.5) is 5.69 Å². The zero-order valence-electron chi connectivity index (χ0n) is 19.9. The number of nitrogens with zero attached hydrogens (tertiary/aromatic N) is 1. The van der Waals surface area contributed by atoms with Crippen LogP contribution in [0.5, 0.6) is 5.75 Å². The Bertz CT molecular complexity index is 1270. The Morgan fingerprint density at radius 2 is 1.63 bits per heavy atom. The Morgan fingerprint density at radius 1 is 0.914 bits per heavy atom. The number of amides is 1. The summed E-state index contributed by atoms with van der Waals surface area (Å²) in [5.41, 5.74) is 2.87. The third kappa shape index (κ3) is 6.41. The first-order valence-corrected chi connectivity index (χ1v) is 13.3. The van der Waals surface area contributed by atoms with E-state index in [1.54, 1.807) is 36.4 Å². The first kappa shape index (κ1) is 24.8. The number of ether oxygens (including phenoxy) is 1. The van der Waals surface area contributed by atoms with Crippen LogP contribution < -0.4 is 14.8 Å². The molecule has 0 spiro atoms. The van der Waals surface area contributed by atoms with Crippen molar-refractivity contribution in [1.82, 2.24) is 10.2 Å². The predicted molar refractivity (Wildman–Crippen MR) is 137 cm³/mol. The van der Waals surface area contributed by atoms with Gasteiger partial charge in [0.2, 0.25) is 0 Å². The fourth-order valence-electron chi connectivity index (χ4n) is 4.26. The fraction of sp³-hybridized carbons (Fsp3) is 0.296. The van der Waals surface area contributed by atoms with E-state index in [9.17, 15) is 13.2 Å². The highest BCUT2D eigenvalue weighted by Gasteiger charge is 2.19. The summed E-state index contributed by atoms with van der Waals surface area (Å²) in [4.78, 5) is 15.4. The van der Waals surface area contributed by atoms with Gasteiger partial charge in [-0.25, -0.2) is 8.42 Å². The molecular formula is C27H31N3O4S. The lowest BCUT2D eigenvalue weighted by atomic mass is 10.0. The van der Waals surface area contributed by atoms with E-state index in [1.165, 1.54) is 44.1 Å². The molecule has 1 saturated heterocycles. The minimum Gasteiger partial charge on any atom is -0.495 e. The number of sulfonamides is 1. The number of nitrogens with one attached hydrogen (secondary N) is 2. The molecule has 3 aromatic rings. The van der Waals surface area contributed by atoms with Gasteiger partial charge in [0.15, 0.2) is 0 Å². The van der Waals surface area contributed by atoms with Gasteiger partial charge in [0.25, 0.3) is 15.9 Å². The van der Waals surface area contributed by atoms with Crippen LogP contribution in [-0.2, 0) is 23.1 Å². The lowest BCUT2D eigenvalue weighted by Crippen LogP contribution is -2.30. The molecule has 8 heteroatoms. The van der Waals surface area contributed by atoms with Gasteiger partial charge in [0.1, 0.15) is 5.75 Å². The van der Waals surface area contributed by atoms with Crippen LogP contribution in [0, 0.1) is 0 Å². The maximum atomic E-state index is 13.0. The predicted octanol–water partition coefficient (Wildman–Crippen LogP) is 4.41. The Morgan fingerprint density at radius 3 is 2.40 bits per heavy atom. The molecule has 4 rings (SSSR count). The van der Waals surface area contributed by atoms with E-state index in [2.05, 4.69) is 21.0 Å². The molecule has 1 heterocycles. The maximum absolute atomic E-state index is 13.0. The number of hydrogen-bond donors (Lipinski definition) is 2. The maximum Gasteiger partial charge on any atom is 0.262 e. The number of carbonyl (C=O) groups is 1. The molecule has 0 saturated carbocycles. The van der Waals surface area contributed by atoms with Crippen LogP contribution in [0.15, 0.2) is 77.7 Å². The molecule has 1 aliphatic rings. The van der Waals surface area contributed by atoms with Crippen molar-refractivity contribution >= 4 is 21.6 Å². The van der Waals surface area contributed by atoms with Crippen LogP contribution in [-0.4, -0.2) is 39.4 Å². The highest BCUT2D eigenvalue weighted by atomic mass is 32.2. The number of para-hydroxylation sites is 2. The molecule has 0 bridgehead atoms. The summed E-state index contributed by atoms with van der Waals surface area (Å²) in [6.07, 6.45) is 3.74. The Kier molecular flexibility index (Phi) is 8.05. The van der Waals surface area contributed by atoms with Crippen LogP contribution in [0.1, 0.15) is 40.7 Å². The quantitative estimate of drug-likeness (QED) is 0.461. The lowest BCUT2D eigenvalue weighted by Gasteiger charge is -2.27. The highest BCUT2D eigenvalue weighted by molar-refractivity contribution is 7.92. The summed E-state index contributed by atoms with van der Waals surface area (Å²) in [7, 11) is -2.43. The van der Waals surface area contributed by atoms with Gasteiger partial charge in [-0.15, -0.1) is 0 Å². The highest BCUT2D eigenvalue weighted by Crippen LogP contribution is 2.26. The Labute approximate surface area is 207 Å². The van der Waals surface area contributed by atoms with Crippen LogP contribution in [0.3, 0.4) is 0 Å². The second kappa shape index (κ2) is 11.4. The summed E-state index contributed by atoms with van der Waals surface area (Å²) >= 11 is 0. The van der Waals surface area contributed by atoms with Crippen molar-refractivity contribution in [2.24, 2.45) is 0 Å². The zero-order chi connectivity index (χ0) is 24.7. The number of carbonyl (C=O) groups excluding carboxylic acids is 1. The van der Waals surface area contributed by atoms with Crippen LogP contribution in [0.25, 0.3) is 0 Å². The van der Waals surface area contributed by atoms with Crippen LogP contribution >= 0.6 is 0 Å².